The molecule has 0 bridgehead atoms. The third kappa shape index (κ3) is 8.77. The van der Waals surface area contributed by atoms with Crippen LogP contribution in [0.1, 0.15) is 43.0 Å². The minimum absolute atomic E-state index is 0.0128. The lowest BCUT2D eigenvalue weighted by molar-refractivity contribution is -0.140. The molecule has 1 N–H and O–H groups in total. The van der Waals surface area contributed by atoms with E-state index in [4.69, 9.17) is 11.6 Å². The van der Waals surface area contributed by atoms with Gasteiger partial charge in [-0.3, -0.25) is 13.9 Å². The van der Waals surface area contributed by atoms with Crippen LogP contribution in [-0.4, -0.2) is 44.3 Å². The largest absolute Gasteiger partial charge is 0.354 e. The number of benzene rings is 4. The van der Waals surface area contributed by atoms with Crippen LogP contribution in [0.5, 0.6) is 0 Å². The van der Waals surface area contributed by atoms with Crippen LogP contribution in [0.2, 0.25) is 5.02 Å². The summed E-state index contributed by atoms with van der Waals surface area (Å²) in [4.78, 5) is 30.1. The Morgan fingerprint density at radius 1 is 0.826 bits per heavy atom. The average molecular weight is 660 g/mol. The Labute approximate surface area is 278 Å². The summed E-state index contributed by atoms with van der Waals surface area (Å²) in [5.41, 5.74) is 3.62. The van der Waals surface area contributed by atoms with Crippen molar-refractivity contribution in [2.75, 3.05) is 17.4 Å². The smallest absolute Gasteiger partial charge is 0.264 e. The molecular weight excluding hydrogens is 618 g/mol. The third-order valence-electron chi connectivity index (χ3n) is 7.78. The SMILES string of the molecule is CCc1ccccc1N(CC(=O)N(Cc1ccccc1Cl)[C@@H](Cc1ccccc1)C(=O)NCC(C)C)S(=O)(=O)c1ccc(C)cc1. The Bertz CT molecular complexity index is 1730. The van der Waals surface area contributed by atoms with Crippen LogP contribution in [0.25, 0.3) is 0 Å². The molecule has 9 heteroatoms. The minimum atomic E-state index is -4.18. The number of halogens is 1. The molecule has 0 aliphatic rings. The van der Waals surface area contributed by atoms with E-state index in [9.17, 15) is 18.0 Å². The number of anilines is 1. The van der Waals surface area contributed by atoms with Gasteiger partial charge in [-0.25, -0.2) is 8.42 Å². The van der Waals surface area contributed by atoms with Crippen molar-refractivity contribution < 1.29 is 18.0 Å². The first-order chi connectivity index (χ1) is 22.0. The van der Waals surface area contributed by atoms with Gasteiger partial charge in [-0.1, -0.05) is 117 Å². The number of sulfonamides is 1. The number of aryl methyl sites for hydroxylation is 2. The highest BCUT2D eigenvalue weighted by atomic mass is 35.5. The molecule has 0 heterocycles. The monoisotopic (exact) mass is 659 g/mol. The molecule has 4 aromatic carbocycles. The predicted octanol–water partition coefficient (Wildman–Crippen LogP) is 6.82. The van der Waals surface area contributed by atoms with E-state index in [0.29, 0.717) is 29.2 Å². The van der Waals surface area contributed by atoms with E-state index < -0.39 is 28.5 Å². The van der Waals surface area contributed by atoms with Gasteiger partial charge in [0.15, 0.2) is 0 Å². The van der Waals surface area contributed by atoms with Crippen LogP contribution < -0.4 is 9.62 Å². The lowest BCUT2D eigenvalue weighted by atomic mass is 10.0. The fourth-order valence-electron chi connectivity index (χ4n) is 5.19. The Kier molecular flexibility index (Phi) is 12.0. The number of carbonyl (C=O) groups is 2. The van der Waals surface area contributed by atoms with E-state index in [0.717, 1.165) is 16.7 Å². The number of hydrogen-bond acceptors (Lipinski definition) is 4. The third-order valence-corrected chi connectivity index (χ3v) is 9.93. The summed E-state index contributed by atoms with van der Waals surface area (Å²) in [7, 11) is -4.18. The maximum Gasteiger partial charge on any atom is 0.264 e. The first kappa shape index (κ1) is 34.7. The van der Waals surface area contributed by atoms with Crippen LogP contribution in [0.4, 0.5) is 5.69 Å². The van der Waals surface area contributed by atoms with Gasteiger partial charge in [0, 0.05) is 24.5 Å². The van der Waals surface area contributed by atoms with Gasteiger partial charge >= 0.3 is 0 Å². The molecule has 0 aromatic heterocycles. The molecule has 4 aromatic rings. The molecule has 0 saturated heterocycles. The molecule has 0 spiro atoms. The lowest BCUT2D eigenvalue weighted by Crippen LogP contribution is -2.53. The van der Waals surface area contributed by atoms with Gasteiger partial charge in [0.05, 0.1) is 10.6 Å². The zero-order chi connectivity index (χ0) is 33.3. The van der Waals surface area contributed by atoms with Crippen LogP contribution >= 0.6 is 11.6 Å². The maximum absolute atomic E-state index is 14.6. The van der Waals surface area contributed by atoms with Crippen LogP contribution in [0.3, 0.4) is 0 Å². The van der Waals surface area contributed by atoms with E-state index >= 15 is 0 Å². The molecule has 0 unspecified atom stereocenters. The molecule has 0 aliphatic heterocycles. The van der Waals surface area contributed by atoms with E-state index in [1.54, 1.807) is 54.6 Å². The molecule has 0 fully saturated rings. The highest BCUT2D eigenvalue weighted by molar-refractivity contribution is 7.92. The van der Waals surface area contributed by atoms with Crippen LogP contribution in [0, 0.1) is 12.8 Å². The second-order valence-corrected chi connectivity index (χ2v) is 14.0. The normalized spacial score (nSPS) is 12.0. The second-order valence-electron chi connectivity index (χ2n) is 11.8. The zero-order valence-electron chi connectivity index (χ0n) is 26.8. The Balaban J connectivity index is 1.83. The van der Waals surface area contributed by atoms with Gasteiger partial charge in [0.25, 0.3) is 10.0 Å². The van der Waals surface area contributed by atoms with Crippen molar-refractivity contribution in [1.29, 1.82) is 0 Å². The number of hydrogen-bond donors (Lipinski definition) is 1. The summed E-state index contributed by atoms with van der Waals surface area (Å²) in [6, 6.07) is 29.5. The number of para-hydroxylation sites is 1. The van der Waals surface area contributed by atoms with Gasteiger partial charge in [-0.05, 0) is 60.2 Å². The molecule has 2 amide bonds. The van der Waals surface area contributed by atoms with E-state index in [1.165, 1.54) is 9.21 Å². The van der Waals surface area contributed by atoms with E-state index in [-0.39, 0.29) is 29.7 Å². The van der Waals surface area contributed by atoms with Gasteiger partial charge in [-0.15, -0.1) is 0 Å². The first-order valence-electron chi connectivity index (χ1n) is 15.5. The summed E-state index contributed by atoms with van der Waals surface area (Å²) in [6.45, 7) is 7.75. The summed E-state index contributed by atoms with van der Waals surface area (Å²) >= 11 is 6.58. The second kappa shape index (κ2) is 15.9. The van der Waals surface area contributed by atoms with E-state index in [1.807, 2.05) is 76.2 Å². The molecular formula is C37H42ClN3O4S. The number of carbonyl (C=O) groups excluding carboxylic acids is 2. The van der Waals surface area contributed by atoms with Crippen molar-refractivity contribution >= 4 is 39.1 Å². The minimum Gasteiger partial charge on any atom is -0.354 e. The van der Waals surface area contributed by atoms with Crippen LogP contribution in [-0.2, 0) is 39.0 Å². The molecule has 4 rings (SSSR count). The maximum atomic E-state index is 14.6. The molecule has 0 aliphatic carbocycles. The molecule has 242 valence electrons. The van der Waals surface area contributed by atoms with Crippen molar-refractivity contribution in [1.82, 2.24) is 10.2 Å². The fourth-order valence-corrected chi connectivity index (χ4v) is 6.84. The Hall–Kier alpha value is -4.14. The summed E-state index contributed by atoms with van der Waals surface area (Å²) in [5.74, 6) is -0.656. The van der Waals surface area contributed by atoms with Gasteiger partial charge in [-0.2, -0.15) is 0 Å². The van der Waals surface area contributed by atoms with Crippen molar-refractivity contribution in [3.63, 3.8) is 0 Å². The van der Waals surface area contributed by atoms with Crippen molar-refractivity contribution in [3.05, 3.63) is 130 Å². The number of amides is 2. The van der Waals surface area contributed by atoms with Crippen LogP contribution in [0.15, 0.2) is 108 Å². The summed E-state index contributed by atoms with van der Waals surface area (Å²) in [5, 5.41) is 3.45. The van der Waals surface area contributed by atoms with Crippen molar-refractivity contribution in [3.8, 4) is 0 Å². The predicted molar refractivity (Wildman–Crippen MR) is 185 cm³/mol. The topological polar surface area (TPSA) is 86.8 Å². The number of nitrogens with zero attached hydrogens (tertiary/aromatic N) is 2. The molecule has 0 radical (unpaired) electrons. The quantitative estimate of drug-likeness (QED) is 0.161. The zero-order valence-corrected chi connectivity index (χ0v) is 28.4. The number of rotatable bonds is 14. The number of nitrogens with one attached hydrogen (secondary N) is 1. The van der Waals surface area contributed by atoms with Gasteiger partial charge < -0.3 is 10.2 Å². The van der Waals surface area contributed by atoms with E-state index in [2.05, 4.69) is 5.32 Å². The Morgan fingerprint density at radius 3 is 2.07 bits per heavy atom. The average Bonchev–Trinajstić information content (AvgIpc) is 3.05. The van der Waals surface area contributed by atoms with Crippen molar-refractivity contribution in [2.45, 2.75) is 58.0 Å². The molecule has 46 heavy (non-hydrogen) atoms. The summed E-state index contributed by atoms with van der Waals surface area (Å²) in [6.07, 6.45) is 0.791. The Morgan fingerprint density at radius 2 is 1.43 bits per heavy atom. The molecule has 1 atom stereocenters. The first-order valence-corrected chi connectivity index (χ1v) is 17.3. The molecule has 7 nitrogen and oxygen atoms in total. The summed E-state index contributed by atoms with van der Waals surface area (Å²) < 4.78 is 29.8. The fraction of sp³-hybridized carbons (Fsp3) is 0.297. The highest BCUT2D eigenvalue weighted by Crippen LogP contribution is 2.29. The van der Waals surface area contributed by atoms with Crippen molar-refractivity contribution in [2.24, 2.45) is 5.92 Å². The lowest BCUT2D eigenvalue weighted by Gasteiger charge is -2.34. The van der Waals surface area contributed by atoms with Gasteiger partial charge in [0.2, 0.25) is 11.8 Å². The molecule has 0 saturated carbocycles. The standard InChI is InChI=1S/C37H42ClN3O4S/c1-5-30-15-10-12-18-34(30)41(46(44,45)32-21-19-28(4)20-22-32)26-36(42)40(25-31-16-9-11-17-33(31)38)35(37(43)39-24-27(2)3)23-29-13-7-6-8-14-29/h6-22,27,35H,5,23-26H2,1-4H3,(H,39,43)/t35-/m0/s1. The highest BCUT2D eigenvalue weighted by Gasteiger charge is 2.35. The van der Waals surface area contributed by atoms with Gasteiger partial charge in [0.1, 0.15) is 12.6 Å².